The Balaban J connectivity index is 3.34. The number of halogens is 1. The lowest BCUT2D eigenvalue weighted by molar-refractivity contribution is 0.445. The van der Waals surface area contributed by atoms with Gasteiger partial charge in [0, 0.05) is 5.56 Å². The van der Waals surface area contributed by atoms with E-state index in [1.165, 1.54) is 0 Å². The zero-order valence-corrected chi connectivity index (χ0v) is 7.76. The van der Waals surface area contributed by atoms with Crippen LogP contribution in [0.2, 0.25) is 5.02 Å². The second-order valence-corrected chi connectivity index (χ2v) is 3.08. The number of phenolic OH excluding ortho intramolecular Hbond substituents is 2. The summed E-state index contributed by atoms with van der Waals surface area (Å²) in [6.45, 7) is 1.65. The van der Waals surface area contributed by atoms with Crippen molar-refractivity contribution in [3.63, 3.8) is 0 Å². The van der Waals surface area contributed by atoms with E-state index in [1.807, 2.05) is 6.07 Å². The summed E-state index contributed by atoms with van der Waals surface area (Å²) in [6, 6.07) is 3.44. The molecule has 1 rings (SSSR count). The Morgan fingerprint density at radius 3 is 2.62 bits per heavy atom. The monoisotopic (exact) mass is 197 g/mol. The smallest absolute Gasteiger partial charge is 0.142 e. The Hall–Kier alpha value is -1.40. The molecule has 4 heteroatoms. The molecule has 2 N–H and O–H groups in total. The molecule has 0 saturated carbocycles. The van der Waals surface area contributed by atoms with Crippen LogP contribution in [0.5, 0.6) is 11.5 Å². The number of benzene rings is 1. The number of hydrogen-bond donors (Lipinski definition) is 2. The van der Waals surface area contributed by atoms with E-state index >= 15 is 0 Å². The molecular formula is C9H8ClNO2. The highest BCUT2D eigenvalue weighted by atomic mass is 35.5. The van der Waals surface area contributed by atoms with Gasteiger partial charge in [-0.25, -0.2) is 0 Å². The van der Waals surface area contributed by atoms with Gasteiger partial charge in [0.05, 0.1) is 12.5 Å². The summed E-state index contributed by atoms with van der Waals surface area (Å²) in [5, 5.41) is 27.0. The molecule has 0 unspecified atom stereocenters. The molecule has 0 aliphatic rings. The molecule has 1 aromatic rings. The molecule has 0 spiro atoms. The minimum atomic E-state index is -0.216. The second kappa shape index (κ2) is 3.55. The average Bonchev–Trinajstić information content (AvgIpc) is 2.11. The molecule has 0 aromatic heterocycles. The van der Waals surface area contributed by atoms with E-state index in [9.17, 15) is 10.2 Å². The van der Waals surface area contributed by atoms with Gasteiger partial charge in [-0.15, -0.1) is 0 Å². The molecule has 0 fully saturated rings. The van der Waals surface area contributed by atoms with E-state index in [2.05, 4.69) is 0 Å². The van der Waals surface area contributed by atoms with E-state index < -0.39 is 0 Å². The van der Waals surface area contributed by atoms with Gasteiger partial charge in [0.25, 0.3) is 0 Å². The SMILES string of the molecule is Cc1cc(CC#N)c(O)c(Cl)c1O. The Morgan fingerprint density at radius 2 is 2.08 bits per heavy atom. The van der Waals surface area contributed by atoms with Crippen LogP contribution in [0, 0.1) is 18.3 Å². The maximum Gasteiger partial charge on any atom is 0.142 e. The molecule has 0 saturated heterocycles. The number of nitrogens with zero attached hydrogens (tertiary/aromatic N) is 1. The van der Waals surface area contributed by atoms with E-state index in [1.54, 1.807) is 13.0 Å². The molecule has 3 nitrogen and oxygen atoms in total. The maximum absolute atomic E-state index is 9.39. The topological polar surface area (TPSA) is 64.2 Å². The number of phenols is 2. The highest BCUT2D eigenvalue weighted by Gasteiger charge is 2.12. The van der Waals surface area contributed by atoms with Crippen molar-refractivity contribution in [1.29, 1.82) is 5.26 Å². The fraction of sp³-hybridized carbons (Fsp3) is 0.222. The molecule has 0 heterocycles. The molecule has 1 aromatic carbocycles. The predicted molar refractivity (Wildman–Crippen MR) is 48.8 cm³/mol. The summed E-state index contributed by atoms with van der Waals surface area (Å²) in [5.41, 5.74) is 0.982. The third kappa shape index (κ3) is 1.68. The quantitative estimate of drug-likeness (QED) is 0.725. The fourth-order valence-electron chi connectivity index (χ4n) is 1.04. The van der Waals surface area contributed by atoms with Gasteiger partial charge < -0.3 is 10.2 Å². The number of hydrogen-bond acceptors (Lipinski definition) is 3. The fourth-order valence-corrected chi connectivity index (χ4v) is 1.31. The molecule has 13 heavy (non-hydrogen) atoms. The first-order chi connectivity index (χ1) is 6.07. The van der Waals surface area contributed by atoms with Crippen LogP contribution in [-0.4, -0.2) is 10.2 Å². The lowest BCUT2D eigenvalue weighted by Crippen LogP contribution is -1.87. The highest BCUT2D eigenvalue weighted by Crippen LogP contribution is 2.38. The van der Waals surface area contributed by atoms with Crippen molar-refractivity contribution >= 4 is 11.6 Å². The Bertz CT molecular complexity index is 382. The number of aryl methyl sites for hydroxylation is 1. The van der Waals surface area contributed by atoms with Gasteiger partial charge >= 0.3 is 0 Å². The molecule has 0 radical (unpaired) electrons. The second-order valence-electron chi connectivity index (χ2n) is 2.70. The third-order valence-corrected chi connectivity index (χ3v) is 2.11. The summed E-state index contributed by atoms with van der Waals surface area (Å²) in [4.78, 5) is 0. The van der Waals surface area contributed by atoms with Crippen LogP contribution in [0.3, 0.4) is 0 Å². The lowest BCUT2D eigenvalue weighted by atomic mass is 10.1. The van der Waals surface area contributed by atoms with Gasteiger partial charge in [-0.05, 0) is 18.6 Å². The molecule has 0 bridgehead atoms. The first-order valence-corrected chi connectivity index (χ1v) is 4.02. The standard InChI is InChI=1S/C9H8ClNO2/c1-5-4-6(2-3-11)9(13)7(10)8(5)12/h4,12-13H,2H2,1H3. The van der Waals surface area contributed by atoms with Crippen LogP contribution in [0.4, 0.5) is 0 Å². The van der Waals surface area contributed by atoms with E-state index in [0.29, 0.717) is 11.1 Å². The number of aromatic hydroxyl groups is 2. The largest absolute Gasteiger partial charge is 0.506 e. The predicted octanol–water partition coefficient (Wildman–Crippen LogP) is 2.13. The molecule has 0 aliphatic heterocycles. The van der Waals surface area contributed by atoms with Crippen molar-refractivity contribution in [2.75, 3.05) is 0 Å². The van der Waals surface area contributed by atoms with Crippen molar-refractivity contribution < 1.29 is 10.2 Å². The van der Waals surface area contributed by atoms with E-state index in [4.69, 9.17) is 16.9 Å². The van der Waals surface area contributed by atoms with Crippen molar-refractivity contribution in [3.8, 4) is 17.6 Å². The maximum atomic E-state index is 9.39. The zero-order valence-electron chi connectivity index (χ0n) is 7.00. The van der Waals surface area contributed by atoms with Crippen LogP contribution >= 0.6 is 11.6 Å². The Labute approximate surface area is 80.8 Å². The minimum Gasteiger partial charge on any atom is -0.506 e. The van der Waals surface area contributed by atoms with Crippen molar-refractivity contribution in [3.05, 3.63) is 22.2 Å². The molecule has 68 valence electrons. The van der Waals surface area contributed by atoms with Crippen molar-refractivity contribution in [2.24, 2.45) is 0 Å². The Kier molecular flexibility index (Phi) is 2.64. The van der Waals surface area contributed by atoms with E-state index in [-0.39, 0.29) is 22.9 Å². The van der Waals surface area contributed by atoms with Crippen molar-refractivity contribution in [1.82, 2.24) is 0 Å². The minimum absolute atomic E-state index is 0.0761. The van der Waals surface area contributed by atoms with Crippen LogP contribution in [0.15, 0.2) is 6.07 Å². The molecule has 0 atom stereocenters. The normalized spacial score (nSPS) is 9.62. The van der Waals surface area contributed by atoms with Crippen LogP contribution in [0.1, 0.15) is 11.1 Å². The zero-order chi connectivity index (χ0) is 10.0. The van der Waals surface area contributed by atoms with Gasteiger partial charge in [-0.1, -0.05) is 11.6 Å². The lowest BCUT2D eigenvalue weighted by Gasteiger charge is -2.07. The van der Waals surface area contributed by atoms with Gasteiger partial charge in [0.1, 0.15) is 16.5 Å². The summed E-state index contributed by atoms with van der Waals surface area (Å²) < 4.78 is 0. The summed E-state index contributed by atoms with van der Waals surface area (Å²) in [7, 11) is 0. The first-order valence-electron chi connectivity index (χ1n) is 3.64. The van der Waals surface area contributed by atoms with Crippen LogP contribution < -0.4 is 0 Å². The summed E-state index contributed by atoms with van der Waals surface area (Å²) >= 11 is 5.61. The number of nitriles is 1. The Morgan fingerprint density at radius 1 is 1.46 bits per heavy atom. The average molecular weight is 198 g/mol. The van der Waals surface area contributed by atoms with Crippen LogP contribution in [0.25, 0.3) is 0 Å². The first kappa shape index (κ1) is 9.69. The molecular weight excluding hydrogens is 190 g/mol. The van der Waals surface area contributed by atoms with E-state index in [0.717, 1.165) is 0 Å². The van der Waals surface area contributed by atoms with Gasteiger partial charge in [0.2, 0.25) is 0 Å². The van der Waals surface area contributed by atoms with Crippen LogP contribution in [-0.2, 0) is 6.42 Å². The van der Waals surface area contributed by atoms with Gasteiger partial charge in [-0.3, -0.25) is 0 Å². The third-order valence-electron chi connectivity index (χ3n) is 1.75. The number of rotatable bonds is 1. The summed E-state index contributed by atoms with van der Waals surface area (Å²) in [6.07, 6.45) is 0.0761. The summed E-state index contributed by atoms with van der Waals surface area (Å²) in [5.74, 6) is -0.354. The van der Waals surface area contributed by atoms with Gasteiger partial charge in [-0.2, -0.15) is 5.26 Å². The molecule has 0 amide bonds. The van der Waals surface area contributed by atoms with Gasteiger partial charge in [0.15, 0.2) is 0 Å². The highest BCUT2D eigenvalue weighted by molar-refractivity contribution is 6.33. The molecule has 0 aliphatic carbocycles. The van der Waals surface area contributed by atoms with Crippen molar-refractivity contribution in [2.45, 2.75) is 13.3 Å².